The zero-order valence-corrected chi connectivity index (χ0v) is 44.6. The van der Waals surface area contributed by atoms with Gasteiger partial charge in [-0.2, -0.15) is 0 Å². The van der Waals surface area contributed by atoms with Crippen molar-refractivity contribution in [3.05, 3.63) is 23.3 Å². The summed E-state index contributed by atoms with van der Waals surface area (Å²) in [6, 6.07) is 0. The molecule has 0 aromatic carbocycles. The van der Waals surface area contributed by atoms with Crippen molar-refractivity contribution in [1.29, 1.82) is 0 Å². The second kappa shape index (κ2) is 21.5. The third kappa shape index (κ3) is 9.16. The Bertz CT molecular complexity index is 2170. The van der Waals surface area contributed by atoms with E-state index in [0.717, 1.165) is 5.57 Å². The number of hydrogen-bond donors (Lipinski definition) is 14. The van der Waals surface area contributed by atoms with Gasteiger partial charge in [0, 0.05) is 11.0 Å². The van der Waals surface area contributed by atoms with E-state index in [9.17, 15) is 81.1 Å². The zero-order chi connectivity index (χ0) is 56.2. The lowest BCUT2D eigenvalue weighted by Crippen LogP contribution is -2.72. The van der Waals surface area contributed by atoms with Crippen molar-refractivity contribution in [2.75, 3.05) is 26.4 Å². The maximum Gasteiger partial charge on any atom is 0.335 e. The molecule has 0 aromatic rings. The summed E-state index contributed by atoms with van der Waals surface area (Å²) in [5, 5.41) is 154. The molecule has 0 amide bonds. The molecule has 434 valence electrons. The number of esters is 1. The predicted octanol–water partition coefficient (Wildman–Crippen LogP) is -1.89. The molecule has 8 rings (SSSR count). The smallest absolute Gasteiger partial charge is 0.335 e. The molecule has 0 aromatic heterocycles. The maximum absolute atomic E-state index is 13.4. The summed E-state index contributed by atoms with van der Waals surface area (Å²) in [5.41, 5.74) is -3.64. The van der Waals surface area contributed by atoms with Gasteiger partial charge in [0.2, 0.25) is 0 Å². The van der Waals surface area contributed by atoms with E-state index in [2.05, 4.69) is 26.8 Å². The molecule has 0 spiro atoms. The summed E-state index contributed by atoms with van der Waals surface area (Å²) in [6.07, 6.45) is -26.4. The number of carbonyl (C=O) groups is 2. The Hall–Kier alpha value is -2.34. The molecule has 4 saturated carbocycles. The van der Waals surface area contributed by atoms with E-state index in [1.165, 1.54) is 0 Å². The molecule has 0 radical (unpaired) electrons. The van der Waals surface area contributed by atoms with Crippen LogP contribution >= 0.6 is 0 Å². The summed E-state index contributed by atoms with van der Waals surface area (Å²) in [7, 11) is 0. The monoisotopic (exact) mass is 1090 g/mol. The molecule has 14 N–H and O–H groups in total. The van der Waals surface area contributed by atoms with Gasteiger partial charge < -0.3 is 105 Å². The molecule has 7 fully saturated rings. The average molecular weight is 1090 g/mol. The second-order valence-electron chi connectivity index (χ2n) is 24.9. The number of aliphatic hydroxyl groups excluding tert-OH is 13. The van der Waals surface area contributed by atoms with Gasteiger partial charge >= 0.3 is 11.9 Å². The molecule has 27 atom stereocenters. The van der Waals surface area contributed by atoms with Crippen LogP contribution < -0.4 is 0 Å². The predicted molar refractivity (Wildman–Crippen MR) is 259 cm³/mol. The van der Waals surface area contributed by atoms with Crippen LogP contribution in [0.4, 0.5) is 0 Å². The number of rotatable bonds is 13. The number of fused-ring (bicyclic) bond motifs is 7. The molecule has 23 nitrogen and oxygen atoms in total. The molecule has 23 heteroatoms. The highest BCUT2D eigenvalue weighted by atomic mass is 16.8. The first-order chi connectivity index (χ1) is 35.5. The first-order valence-electron chi connectivity index (χ1n) is 26.8. The van der Waals surface area contributed by atoms with Crippen LogP contribution in [0, 0.1) is 50.2 Å². The van der Waals surface area contributed by atoms with Crippen LogP contribution in [0.5, 0.6) is 0 Å². The van der Waals surface area contributed by atoms with E-state index in [-0.39, 0.29) is 24.7 Å². The molecule has 3 aliphatic heterocycles. The van der Waals surface area contributed by atoms with Gasteiger partial charge in [-0.05, 0) is 98.2 Å². The van der Waals surface area contributed by atoms with Gasteiger partial charge in [0.15, 0.2) is 25.0 Å². The first-order valence-corrected chi connectivity index (χ1v) is 26.8. The Morgan fingerprint density at radius 2 is 1.26 bits per heavy atom. The van der Waals surface area contributed by atoms with Gasteiger partial charge in [-0.25, -0.2) is 9.59 Å². The van der Waals surface area contributed by atoms with E-state index in [1.807, 2.05) is 20.8 Å². The summed E-state index contributed by atoms with van der Waals surface area (Å²) in [6.45, 7) is 12.9. The Balaban J connectivity index is 1.11. The van der Waals surface area contributed by atoms with Gasteiger partial charge in [-0.3, -0.25) is 0 Å². The van der Waals surface area contributed by atoms with E-state index < -0.39 is 193 Å². The van der Waals surface area contributed by atoms with Crippen LogP contribution in [0.1, 0.15) is 100 Å². The number of carbonyl (C=O) groups excluding carboxylic acids is 1. The highest BCUT2D eigenvalue weighted by Gasteiger charge is 2.74. The normalized spacial score (nSPS) is 52.3. The highest BCUT2D eigenvalue weighted by molar-refractivity contribution is 5.87. The van der Waals surface area contributed by atoms with E-state index in [0.29, 0.717) is 37.7 Å². The molecular formula is C53H84O23. The fraction of sp³-hybridized carbons (Fsp3) is 0.887. The van der Waals surface area contributed by atoms with Gasteiger partial charge in [0.05, 0.1) is 50.2 Å². The van der Waals surface area contributed by atoms with E-state index in [4.69, 9.17) is 33.2 Å². The Morgan fingerprint density at radius 3 is 1.79 bits per heavy atom. The summed E-state index contributed by atoms with van der Waals surface area (Å²) >= 11 is 0. The van der Waals surface area contributed by atoms with Gasteiger partial charge in [0.25, 0.3) is 0 Å². The quantitative estimate of drug-likeness (QED) is 0.0415. The number of ether oxygens (including phenoxy) is 7. The molecular weight excluding hydrogens is 1000 g/mol. The summed E-state index contributed by atoms with van der Waals surface area (Å²) in [4.78, 5) is 26.5. The maximum atomic E-state index is 13.4. The third-order valence-corrected chi connectivity index (χ3v) is 20.8. The minimum Gasteiger partial charge on any atom is -0.479 e. The minimum atomic E-state index is -2.17. The lowest BCUT2D eigenvalue weighted by Gasteiger charge is -2.72. The van der Waals surface area contributed by atoms with Crippen LogP contribution in [-0.2, 0) is 42.7 Å². The molecule has 2 unspecified atom stereocenters. The van der Waals surface area contributed by atoms with Crippen LogP contribution in [0.3, 0.4) is 0 Å². The zero-order valence-electron chi connectivity index (χ0n) is 44.6. The summed E-state index contributed by atoms with van der Waals surface area (Å²) in [5.74, 6) is -3.19. The van der Waals surface area contributed by atoms with Gasteiger partial charge in [0.1, 0.15) is 73.2 Å². The van der Waals surface area contributed by atoms with Crippen LogP contribution in [0.25, 0.3) is 0 Å². The van der Waals surface area contributed by atoms with Gasteiger partial charge in [-0.1, -0.05) is 59.3 Å². The number of allylic oxidation sites excluding steroid dienone is 3. The molecule has 3 heterocycles. The lowest BCUT2D eigenvalue weighted by molar-refractivity contribution is -0.392. The van der Waals surface area contributed by atoms with Crippen molar-refractivity contribution in [2.24, 2.45) is 50.2 Å². The van der Waals surface area contributed by atoms with Crippen molar-refractivity contribution >= 4 is 11.9 Å². The number of aliphatic carboxylic acids is 1. The Morgan fingerprint density at radius 1 is 0.684 bits per heavy atom. The van der Waals surface area contributed by atoms with Crippen LogP contribution in [-0.4, -0.2) is 226 Å². The van der Waals surface area contributed by atoms with Gasteiger partial charge in [-0.15, -0.1) is 0 Å². The number of carboxylic acids is 1. The summed E-state index contributed by atoms with van der Waals surface area (Å²) < 4.78 is 42.0. The molecule has 76 heavy (non-hydrogen) atoms. The second-order valence-corrected chi connectivity index (χ2v) is 24.9. The fourth-order valence-corrected chi connectivity index (χ4v) is 15.9. The SMILES string of the molecule is C/C=C(\C)C(=O)O[C@H]1[C@H](O)C(C)(C)CC2C3=CC[C@@H]4[C@@]5(C)CC[C@H](O[C@@H]6O[C@H](C(=O)O)[C@@H](O[C@@H]7O[C@H](CO)[C@@H](O)[C@H](O)[C@H]7O)[C@H](O)[C@H]6O[C@@H]6O[C@H](CO)[C@@H](O)[C@H](O)[C@H]6O)[C@](C)(CO)C5CC[C@@]4(C)[C@]3(C)C[C@@H](O)[C@]21CO. The lowest BCUT2D eigenvalue weighted by atomic mass is 9.33. The topological polar surface area (TPSA) is 382 Å². The van der Waals surface area contributed by atoms with Crippen molar-refractivity contribution in [3.63, 3.8) is 0 Å². The Labute approximate surface area is 442 Å². The first kappa shape index (κ1) is 59.8. The van der Waals surface area contributed by atoms with E-state index >= 15 is 0 Å². The minimum absolute atomic E-state index is 0.0620. The number of aliphatic hydroxyl groups is 13. The highest BCUT2D eigenvalue weighted by Crippen LogP contribution is 2.76. The van der Waals surface area contributed by atoms with Crippen LogP contribution in [0.2, 0.25) is 0 Å². The molecule has 8 aliphatic rings. The Kier molecular flexibility index (Phi) is 16.9. The van der Waals surface area contributed by atoms with E-state index in [1.54, 1.807) is 19.9 Å². The molecule has 0 bridgehead atoms. The molecule has 5 aliphatic carbocycles. The van der Waals surface area contributed by atoms with Crippen molar-refractivity contribution in [3.8, 4) is 0 Å². The van der Waals surface area contributed by atoms with Crippen molar-refractivity contribution in [1.82, 2.24) is 0 Å². The van der Waals surface area contributed by atoms with Crippen molar-refractivity contribution in [2.45, 2.75) is 217 Å². The van der Waals surface area contributed by atoms with Crippen LogP contribution in [0.15, 0.2) is 23.3 Å². The standard InChI is InChI=1S/C53H84O23/c1-9-22(2)44(69)76-42-41(66)48(3,4)16-24-23-10-11-28-49(5)14-13-30(50(6,20-56)27(49)12-15-51(28,7)52(23,8)17-29(58)53(24,42)21-57)72-47-39(74-46-36(64)34(62)32(60)26(19-55)71-46)37(65)38(40(75-47)43(67)68)73-45-35(63)33(61)31(59)25(18-54)70-45/h9-10,24-42,45-47,54-66H,11-21H2,1-8H3,(H,67,68)/b22-9+/t24?,25-,26-,27?,28-,29-,30+,31-,32-,33+,34+,35-,36-,37+,38+,39-,40+,41+,42+,45+,46+,47-,49+,50-,51-,52-,53+/m1/s1. The molecule has 3 saturated heterocycles. The third-order valence-electron chi connectivity index (χ3n) is 20.8. The average Bonchev–Trinajstić information content (AvgIpc) is 3.41. The number of hydrogen-bond acceptors (Lipinski definition) is 22. The van der Waals surface area contributed by atoms with Crippen molar-refractivity contribution < 1.29 is 114 Å². The fourth-order valence-electron chi connectivity index (χ4n) is 15.9. The number of carboxylic acid groups (broad SMARTS) is 1. The largest absolute Gasteiger partial charge is 0.479 e.